The number of hydrogen-bond donors (Lipinski definition) is 2. The number of nitrogens with zero attached hydrogens (tertiary/aromatic N) is 1. The van der Waals surface area contributed by atoms with Gasteiger partial charge in [-0.2, -0.15) is 0 Å². The van der Waals surface area contributed by atoms with Crippen LogP contribution in [-0.4, -0.2) is 24.6 Å². The lowest BCUT2D eigenvalue weighted by Crippen LogP contribution is -2.27. The van der Waals surface area contributed by atoms with E-state index in [0.29, 0.717) is 11.5 Å². The van der Waals surface area contributed by atoms with Crippen molar-refractivity contribution in [3.63, 3.8) is 0 Å². The fourth-order valence-corrected chi connectivity index (χ4v) is 3.01. The molecule has 94 valence electrons. The van der Waals surface area contributed by atoms with Crippen LogP contribution in [0.2, 0.25) is 0 Å². The van der Waals surface area contributed by atoms with Crippen LogP contribution in [0.4, 0.5) is 0 Å². The molecule has 0 aliphatic heterocycles. The van der Waals surface area contributed by atoms with Gasteiger partial charge in [-0.1, -0.05) is 19.4 Å². The number of nitrogens with one attached hydrogen (secondary N) is 1. The Kier molecular flexibility index (Phi) is 3.46. The molecule has 5 nitrogen and oxygen atoms in total. The van der Waals surface area contributed by atoms with Crippen molar-refractivity contribution >= 4 is 10.0 Å². The minimum Gasteiger partial charge on any atom is -0.392 e. The summed E-state index contributed by atoms with van der Waals surface area (Å²) < 4.78 is 26.4. The number of hydrogen-bond acceptors (Lipinski definition) is 4. The van der Waals surface area contributed by atoms with E-state index in [1.54, 1.807) is 6.07 Å². The van der Waals surface area contributed by atoms with Gasteiger partial charge in [0.1, 0.15) is 0 Å². The Labute approximate surface area is 101 Å². The van der Waals surface area contributed by atoms with Gasteiger partial charge >= 0.3 is 0 Å². The van der Waals surface area contributed by atoms with Gasteiger partial charge in [-0.05, 0) is 24.0 Å². The van der Waals surface area contributed by atoms with E-state index in [2.05, 4.69) is 9.71 Å². The van der Waals surface area contributed by atoms with E-state index >= 15 is 0 Å². The maximum absolute atomic E-state index is 11.9. The van der Waals surface area contributed by atoms with Crippen molar-refractivity contribution in [1.29, 1.82) is 0 Å². The van der Waals surface area contributed by atoms with Gasteiger partial charge in [-0.3, -0.25) is 0 Å². The molecule has 0 spiro atoms. The van der Waals surface area contributed by atoms with Crippen LogP contribution in [-0.2, 0) is 16.6 Å². The second-order valence-corrected chi connectivity index (χ2v) is 5.96. The summed E-state index contributed by atoms with van der Waals surface area (Å²) in [5.74, 6) is 0.460. The number of aliphatic hydroxyl groups is 1. The zero-order valence-electron chi connectivity index (χ0n) is 9.63. The van der Waals surface area contributed by atoms with Crippen LogP contribution in [0.25, 0.3) is 0 Å². The number of aliphatic hydroxyl groups excluding tert-OH is 1. The summed E-state index contributed by atoms with van der Waals surface area (Å²) in [7, 11) is -3.51. The summed E-state index contributed by atoms with van der Waals surface area (Å²) in [6.07, 6.45) is 3.27. The molecule has 1 aromatic heterocycles. The van der Waals surface area contributed by atoms with Gasteiger partial charge in [-0.15, -0.1) is 0 Å². The van der Waals surface area contributed by atoms with Gasteiger partial charge in [-0.25, -0.2) is 18.1 Å². The van der Waals surface area contributed by atoms with Crippen molar-refractivity contribution < 1.29 is 13.5 Å². The molecule has 0 saturated heterocycles. The minimum atomic E-state index is -3.51. The molecular formula is C11H16N2O3S. The number of pyridine rings is 1. The van der Waals surface area contributed by atoms with Crippen LogP contribution in [0.15, 0.2) is 23.4 Å². The van der Waals surface area contributed by atoms with Gasteiger partial charge < -0.3 is 5.11 Å². The zero-order chi connectivity index (χ0) is 12.5. The van der Waals surface area contributed by atoms with E-state index in [1.807, 2.05) is 6.92 Å². The van der Waals surface area contributed by atoms with E-state index in [0.717, 1.165) is 12.8 Å². The highest BCUT2D eigenvalue weighted by Crippen LogP contribution is 2.34. The third kappa shape index (κ3) is 2.83. The Morgan fingerprint density at radius 2 is 2.29 bits per heavy atom. The summed E-state index contributed by atoms with van der Waals surface area (Å²) >= 11 is 0. The number of rotatable bonds is 5. The topological polar surface area (TPSA) is 79.3 Å². The standard InChI is InChI=1S/C11H16N2O3S/c1-2-9-5-10(9)13-17(15,16)11-4-3-8(7-14)6-12-11/h3-4,6,9-10,13-14H,2,5,7H2,1H3. The molecule has 17 heavy (non-hydrogen) atoms. The molecule has 2 rings (SSSR count). The summed E-state index contributed by atoms with van der Waals surface area (Å²) in [6, 6.07) is 3.03. The fraction of sp³-hybridized carbons (Fsp3) is 0.545. The van der Waals surface area contributed by atoms with E-state index < -0.39 is 10.0 Å². The first-order valence-corrected chi connectivity index (χ1v) is 7.13. The Morgan fingerprint density at radius 3 is 2.76 bits per heavy atom. The van der Waals surface area contributed by atoms with Crippen LogP contribution < -0.4 is 4.72 Å². The molecule has 2 N–H and O–H groups in total. The summed E-state index contributed by atoms with van der Waals surface area (Å²) in [4.78, 5) is 3.84. The third-order valence-corrected chi connectivity index (χ3v) is 4.41. The molecule has 2 unspecified atom stereocenters. The van der Waals surface area contributed by atoms with Crippen molar-refractivity contribution in [3.8, 4) is 0 Å². The smallest absolute Gasteiger partial charge is 0.258 e. The first kappa shape index (κ1) is 12.5. The van der Waals surface area contributed by atoms with Gasteiger partial charge in [0.2, 0.25) is 0 Å². The lowest BCUT2D eigenvalue weighted by Gasteiger charge is -2.05. The van der Waals surface area contributed by atoms with Crippen LogP contribution in [0, 0.1) is 5.92 Å². The Bertz CT molecular complexity index is 484. The normalized spacial score (nSPS) is 23.6. The Morgan fingerprint density at radius 1 is 1.53 bits per heavy atom. The second kappa shape index (κ2) is 4.72. The lowest BCUT2D eigenvalue weighted by atomic mass is 10.3. The first-order chi connectivity index (χ1) is 8.06. The monoisotopic (exact) mass is 256 g/mol. The fourth-order valence-electron chi connectivity index (χ4n) is 1.77. The van der Waals surface area contributed by atoms with E-state index in [-0.39, 0.29) is 17.7 Å². The number of sulfonamides is 1. The first-order valence-electron chi connectivity index (χ1n) is 5.65. The largest absolute Gasteiger partial charge is 0.392 e. The minimum absolute atomic E-state index is 0.0106. The van der Waals surface area contributed by atoms with Gasteiger partial charge in [0.05, 0.1) is 6.61 Å². The molecule has 6 heteroatoms. The maximum atomic E-state index is 11.9. The SMILES string of the molecule is CCC1CC1NS(=O)(=O)c1ccc(CO)cn1. The maximum Gasteiger partial charge on any atom is 0.258 e. The van der Waals surface area contributed by atoms with Crippen LogP contribution in [0.1, 0.15) is 25.3 Å². The molecule has 1 fully saturated rings. The molecule has 0 bridgehead atoms. The Balaban J connectivity index is 2.09. The third-order valence-electron chi connectivity index (χ3n) is 3.01. The zero-order valence-corrected chi connectivity index (χ0v) is 10.4. The van der Waals surface area contributed by atoms with Crippen LogP contribution in [0.3, 0.4) is 0 Å². The van der Waals surface area contributed by atoms with E-state index in [1.165, 1.54) is 12.3 Å². The summed E-state index contributed by atoms with van der Waals surface area (Å²) in [6.45, 7) is 1.91. The average Bonchev–Trinajstić information content (AvgIpc) is 3.07. The van der Waals surface area contributed by atoms with Crippen molar-refractivity contribution in [1.82, 2.24) is 9.71 Å². The molecular weight excluding hydrogens is 240 g/mol. The van der Waals surface area contributed by atoms with E-state index in [4.69, 9.17) is 5.11 Å². The van der Waals surface area contributed by atoms with Gasteiger partial charge in [0.15, 0.2) is 5.03 Å². The highest BCUT2D eigenvalue weighted by atomic mass is 32.2. The van der Waals surface area contributed by atoms with Crippen LogP contribution in [0.5, 0.6) is 0 Å². The average molecular weight is 256 g/mol. The van der Waals surface area contributed by atoms with Crippen LogP contribution >= 0.6 is 0 Å². The van der Waals surface area contributed by atoms with Gasteiger partial charge in [0.25, 0.3) is 10.0 Å². The molecule has 1 saturated carbocycles. The lowest BCUT2D eigenvalue weighted by molar-refractivity contribution is 0.281. The molecule has 1 aromatic rings. The molecule has 1 heterocycles. The highest BCUT2D eigenvalue weighted by Gasteiger charge is 2.38. The second-order valence-electron chi connectivity index (χ2n) is 4.29. The molecule has 1 aliphatic carbocycles. The van der Waals surface area contributed by atoms with Crippen molar-refractivity contribution in [2.24, 2.45) is 5.92 Å². The van der Waals surface area contributed by atoms with Crippen molar-refractivity contribution in [2.45, 2.75) is 37.4 Å². The van der Waals surface area contributed by atoms with E-state index in [9.17, 15) is 8.42 Å². The molecule has 0 amide bonds. The predicted molar refractivity (Wildman–Crippen MR) is 62.7 cm³/mol. The highest BCUT2D eigenvalue weighted by molar-refractivity contribution is 7.89. The molecule has 2 atom stereocenters. The van der Waals surface area contributed by atoms with Crippen molar-refractivity contribution in [3.05, 3.63) is 23.9 Å². The number of aromatic nitrogens is 1. The van der Waals surface area contributed by atoms with Crippen molar-refractivity contribution in [2.75, 3.05) is 0 Å². The molecule has 0 radical (unpaired) electrons. The Hall–Kier alpha value is -0.980. The summed E-state index contributed by atoms with van der Waals surface area (Å²) in [5.41, 5.74) is 0.599. The molecule has 0 aromatic carbocycles. The quantitative estimate of drug-likeness (QED) is 0.810. The molecule has 1 aliphatic rings. The summed E-state index contributed by atoms with van der Waals surface area (Å²) in [5, 5.41) is 8.86. The van der Waals surface area contributed by atoms with Gasteiger partial charge in [0, 0.05) is 12.2 Å². The predicted octanol–water partition coefficient (Wildman–Crippen LogP) is 0.651.